The van der Waals surface area contributed by atoms with Crippen LogP contribution in [0.15, 0.2) is 34.1 Å². The van der Waals surface area contributed by atoms with Gasteiger partial charge in [-0.2, -0.15) is 0 Å². The number of halogens is 2. The average Bonchev–Trinajstić information content (AvgIpc) is 2.98. The lowest BCUT2D eigenvalue weighted by atomic mass is 10.1. The van der Waals surface area contributed by atoms with Crippen LogP contribution in [0.5, 0.6) is 0 Å². The fourth-order valence-corrected chi connectivity index (χ4v) is 4.17. The van der Waals surface area contributed by atoms with Gasteiger partial charge < -0.3 is 10.6 Å². The zero-order valence-electron chi connectivity index (χ0n) is 10.3. The molecule has 1 unspecified atom stereocenters. The van der Waals surface area contributed by atoms with Gasteiger partial charge in [-0.25, -0.2) is 4.39 Å². The van der Waals surface area contributed by atoms with Gasteiger partial charge in [-0.3, -0.25) is 0 Å². The lowest BCUT2D eigenvalue weighted by Crippen LogP contribution is -2.31. The monoisotopic (exact) mass is 340 g/mol. The summed E-state index contributed by atoms with van der Waals surface area (Å²) in [5, 5.41) is 2.06. The van der Waals surface area contributed by atoms with Crippen LogP contribution in [0, 0.1) is 5.82 Å². The first-order valence-corrected chi connectivity index (χ1v) is 7.85. The fourth-order valence-electron chi connectivity index (χ4n) is 2.60. The number of fused-ring (bicyclic) bond motifs is 1. The van der Waals surface area contributed by atoms with Crippen LogP contribution in [0.4, 0.5) is 10.1 Å². The van der Waals surface area contributed by atoms with Gasteiger partial charge in [-0.15, -0.1) is 11.3 Å². The summed E-state index contributed by atoms with van der Waals surface area (Å²) >= 11 is 5.16. The molecular formula is C14H14BrFN2S. The molecule has 0 aliphatic carbocycles. The minimum absolute atomic E-state index is 0.124. The van der Waals surface area contributed by atoms with Crippen LogP contribution >= 0.6 is 27.3 Å². The molecule has 1 aromatic heterocycles. The second kappa shape index (κ2) is 5.23. The summed E-state index contributed by atoms with van der Waals surface area (Å²) in [6.07, 6.45) is 0.957. The van der Waals surface area contributed by atoms with Gasteiger partial charge in [0.15, 0.2) is 0 Å². The van der Waals surface area contributed by atoms with Gasteiger partial charge in [0.2, 0.25) is 0 Å². The highest BCUT2D eigenvalue weighted by molar-refractivity contribution is 9.10. The third-order valence-electron chi connectivity index (χ3n) is 3.49. The lowest BCUT2D eigenvalue weighted by molar-refractivity contribution is 0.623. The second-order valence-electron chi connectivity index (χ2n) is 4.64. The maximum Gasteiger partial charge on any atom is 0.125 e. The van der Waals surface area contributed by atoms with Crippen molar-refractivity contribution in [1.29, 1.82) is 0 Å². The van der Waals surface area contributed by atoms with E-state index in [9.17, 15) is 4.39 Å². The van der Waals surface area contributed by atoms with E-state index < -0.39 is 0 Å². The van der Waals surface area contributed by atoms with E-state index in [1.54, 1.807) is 17.4 Å². The predicted molar refractivity (Wildman–Crippen MR) is 81.3 cm³/mol. The number of rotatable bonds is 3. The molecule has 2 nitrogen and oxygen atoms in total. The first kappa shape index (κ1) is 13.1. The third kappa shape index (κ3) is 2.42. The Balaban J connectivity index is 1.97. The Morgan fingerprint density at radius 3 is 2.95 bits per heavy atom. The van der Waals surface area contributed by atoms with E-state index in [1.165, 1.54) is 16.5 Å². The summed E-state index contributed by atoms with van der Waals surface area (Å²) in [6.45, 7) is 1.43. The number of hydrogen-bond donors (Lipinski definition) is 1. The summed E-state index contributed by atoms with van der Waals surface area (Å²) in [5.41, 5.74) is 8.14. The fraction of sp³-hybridized carbons (Fsp3) is 0.286. The standard InChI is InChI=1S/C14H14BrFN2S/c15-10-5-14(19-8-10)13(7-17)18-4-3-9-1-2-11(16)6-12(9)18/h1-2,5-6,8,13H,3-4,7,17H2. The molecule has 0 bridgehead atoms. The van der Waals surface area contributed by atoms with Crippen molar-refractivity contribution >= 4 is 33.0 Å². The number of hydrogen-bond acceptors (Lipinski definition) is 3. The summed E-state index contributed by atoms with van der Waals surface area (Å²) in [6, 6.07) is 7.25. The SMILES string of the molecule is NCC(c1cc(Br)cs1)N1CCc2ccc(F)cc21. The maximum atomic E-state index is 13.4. The molecule has 2 aromatic rings. The summed E-state index contributed by atoms with van der Waals surface area (Å²) in [4.78, 5) is 3.43. The zero-order chi connectivity index (χ0) is 13.4. The van der Waals surface area contributed by atoms with Crippen LogP contribution < -0.4 is 10.6 Å². The van der Waals surface area contributed by atoms with E-state index >= 15 is 0 Å². The largest absolute Gasteiger partial charge is 0.362 e. The number of nitrogens with zero attached hydrogens (tertiary/aromatic N) is 1. The number of thiophene rings is 1. The molecule has 1 aliphatic rings. The molecule has 0 amide bonds. The Labute approximate surface area is 124 Å². The molecule has 0 saturated carbocycles. The molecule has 2 N–H and O–H groups in total. The van der Waals surface area contributed by atoms with Crippen molar-refractivity contribution in [1.82, 2.24) is 0 Å². The zero-order valence-corrected chi connectivity index (χ0v) is 12.7. The Kier molecular flexibility index (Phi) is 3.60. The van der Waals surface area contributed by atoms with Gasteiger partial charge in [0.25, 0.3) is 0 Å². The smallest absolute Gasteiger partial charge is 0.125 e. The van der Waals surface area contributed by atoms with Crippen molar-refractivity contribution in [2.45, 2.75) is 12.5 Å². The van der Waals surface area contributed by atoms with Crippen LogP contribution in [-0.4, -0.2) is 13.1 Å². The summed E-state index contributed by atoms with van der Waals surface area (Å²) < 4.78 is 14.5. The van der Waals surface area contributed by atoms with Crippen LogP contribution in [0.1, 0.15) is 16.5 Å². The number of anilines is 1. The van der Waals surface area contributed by atoms with Crippen molar-refractivity contribution in [2.24, 2.45) is 5.73 Å². The van der Waals surface area contributed by atoms with E-state index in [-0.39, 0.29) is 11.9 Å². The maximum absolute atomic E-state index is 13.4. The summed E-state index contributed by atoms with van der Waals surface area (Å²) in [7, 11) is 0. The molecule has 1 aliphatic heterocycles. The van der Waals surface area contributed by atoms with Crippen LogP contribution in [-0.2, 0) is 6.42 Å². The van der Waals surface area contributed by atoms with E-state index in [2.05, 4.69) is 32.3 Å². The van der Waals surface area contributed by atoms with E-state index in [4.69, 9.17) is 5.73 Å². The molecule has 1 aromatic carbocycles. The highest BCUT2D eigenvalue weighted by Gasteiger charge is 2.27. The second-order valence-corrected chi connectivity index (χ2v) is 6.49. The first-order chi connectivity index (χ1) is 9.19. The van der Waals surface area contributed by atoms with E-state index in [1.807, 2.05) is 6.07 Å². The predicted octanol–water partition coefficient (Wildman–Crippen LogP) is 3.71. The molecular weight excluding hydrogens is 327 g/mol. The minimum Gasteiger partial charge on any atom is -0.362 e. The molecule has 3 rings (SSSR count). The molecule has 19 heavy (non-hydrogen) atoms. The minimum atomic E-state index is -0.186. The van der Waals surface area contributed by atoms with Gasteiger partial charge in [0, 0.05) is 33.5 Å². The van der Waals surface area contributed by atoms with E-state index in [0.29, 0.717) is 6.54 Å². The molecule has 0 fully saturated rings. The first-order valence-electron chi connectivity index (χ1n) is 6.18. The van der Waals surface area contributed by atoms with Crippen molar-refractivity contribution in [3.8, 4) is 0 Å². The van der Waals surface area contributed by atoms with Crippen LogP contribution in [0.25, 0.3) is 0 Å². The normalized spacial score (nSPS) is 15.6. The van der Waals surface area contributed by atoms with Gasteiger partial charge in [0.1, 0.15) is 5.82 Å². The highest BCUT2D eigenvalue weighted by atomic mass is 79.9. The van der Waals surface area contributed by atoms with Gasteiger partial charge in [0.05, 0.1) is 6.04 Å². The third-order valence-corrected chi connectivity index (χ3v) is 5.29. The van der Waals surface area contributed by atoms with Crippen molar-refractivity contribution in [2.75, 3.05) is 18.0 Å². The van der Waals surface area contributed by atoms with E-state index in [0.717, 1.165) is 23.1 Å². The quantitative estimate of drug-likeness (QED) is 0.922. The van der Waals surface area contributed by atoms with Crippen molar-refractivity contribution in [3.05, 3.63) is 50.4 Å². The van der Waals surface area contributed by atoms with Gasteiger partial charge in [-0.1, -0.05) is 6.07 Å². The Hall–Kier alpha value is -0.910. The van der Waals surface area contributed by atoms with Crippen molar-refractivity contribution < 1.29 is 4.39 Å². The van der Waals surface area contributed by atoms with Crippen LogP contribution in [0.3, 0.4) is 0 Å². The number of benzene rings is 1. The molecule has 2 heterocycles. The lowest BCUT2D eigenvalue weighted by Gasteiger charge is -2.28. The topological polar surface area (TPSA) is 29.3 Å². The van der Waals surface area contributed by atoms with Crippen molar-refractivity contribution in [3.63, 3.8) is 0 Å². The Morgan fingerprint density at radius 2 is 2.26 bits per heavy atom. The molecule has 0 radical (unpaired) electrons. The number of nitrogens with two attached hydrogens (primary N) is 1. The Morgan fingerprint density at radius 1 is 1.42 bits per heavy atom. The van der Waals surface area contributed by atoms with Gasteiger partial charge >= 0.3 is 0 Å². The molecule has 5 heteroatoms. The molecule has 1 atom stereocenters. The summed E-state index contributed by atoms with van der Waals surface area (Å²) in [5.74, 6) is -0.186. The average molecular weight is 341 g/mol. The van der Waals surface area contributed by atoms with Crippen LogP contribution in [0.2, 0.25) is 0 Å². The molecule has 0 spiro atoms. The Bertz CT molecular complexity index is 599. The van der Waals surface area contributed by atoms with Gasteiger partial charge in [-0.05, 0) is 46.1 Å². The molecule has 100 valence electrons. The molecule has 0 saturated heterocycles. The highest BCUT2D eigenvalue weighted by Crippen LogP contribution is 2.37.